The summed E-state index contributed by atoms with van der Waals surface area (Å²) in [7, 11) is 0. The summed E-state index contributed by atoms with van der Waals surface area (Å²) < 4.78 is 0. The molecule has 1 aromatic carbocycles. The Morgan fingerprint density at radius 1 is 1.33 bits per heavy atom. The van der Waals surface area contributed by atoms with Gasteiger partial charge >= 0.3 is 0 Å². The van der Waals surface area contributed by atoms with Gasteiger partial charge in [0.25, 0.3) is 0 Å². The van der Waals surface area contributed by atoms with Gasteiger partial charge in [-0.2, -0.15) is 0 Å². The van der Waals surface area contributed by atoms with Crippen molar-refractivity contribution in [3.05, 3.63) is 35.4 Å². The molecule has 5 N–H and O–H groups in total. The summed E-state index contributed by atoms with van der Waals surface area (Å²) in [5.74, 6) is -0.953. The van der Waals surface area contributed by atoms with Gasteiger partial charge in [-0.25, -0.2) is 0 Å². The Bertz CT molecular complexity index is 446. The molecule has 1 rings (SSSR count). The van der Waals surface area contributed by atoms with E-state index in [0.717, 1.165) is 11.1 Å². The quantitative estimate of drug-likeness (QED) is 0.703. The number of nitrogens with two attached hydrogens (primary N) is 2. The maximum Gasteiger partial charge on any atom is 0.237 e. The van der Waals surface area contributed by atoms with E-state index in [1.807, 2.05) is 38.1 Å². The lowest BCUT2D eigenvalue weighted by atomic mass is 10.0. The number of amides is 2. The Morgan fingerprint density at radius 2 is 1.94 bits per heavy atom. The maximum atomic E-state index is 11.7. The number of nitrogens with one attached hydrogen (secondary N) is 1. The van der Waals surface area contributed by atoms with E-state index >= 15 is 0 Å². The van der Waals surface area contributed by atoms with E-state index in [0.29, 0.717) is 0 Å². The lowest BCUT2D eigenvalue weighted by Gasteiger charge is -2.18. The Balaban J connectivity index is 2.65. The predicted molar refractivity (Wildman–Crippen MR) is 69.5 cm³/mol. The highest BCUT2D eigenvalue weighted by Gasteiger charge is 2.18. The number of primary amides is 1. The Morgan fingerprint density at radius 3 is 2.50 bits per heavy atom. The van der Waals surface area contributed by atoms with E-state index in [4.69, 9.17) is 11.5 Å². The van der Waals surface area contributed by atoms with Crippen LogP contribution in [0.4, 0.5) is 0 Å². The molecule has 0 aliphatic rings. The van der Waals surface area contributed by atoms with Gasteiger partial charge in [-0.1, -0.05) is 24.3 Å². The zero-order valence-corrected chi connectivity index (χ0v) is 10.6. The van der Waals surface area contributed by atoms with Crippen LogP contribution in [0.1, 0.15) is 30.5 Å². The Hall–Kier alpha value is -1.88. The number of hydrogen-bond acceptors (Lipinski definition) is 3. The first-order valence-electron chi connectivity index (χ1n) is 5.81. The molecular formula is C13H19N3O2. The lowest BCUT2D eigenvalue weighted by molar-refractivity contribution is -0.126. The van der Waals surface area contributed by atoms with E-state index in [1.54, 1.807) is 0 Å². The van der Waals surface area contributed by atoms with E-state index in [9.17, 15) is 9.59 Å². The topological polar surface area (TPSA) is 98.2 Å². The Kier molecular flexibility index (Phi) is 4.85. The van der Waals surface area contributed by atoms with Crippen molar-refractivity contribution in [2.24, 2.45) is 11.5 Å². The molecule has 5 heteroatoms. The number of carbonyl (C=O) groups is 2. The van der Waals surface area contributed by atoms with Crippen LogP contribution in [0.3, 0.4) is 0 Å². The summed E-state index contributed by atoms with van der Waals surface area (Å²) >= 11 is 0. The zero-order chi connectivity index (χ0) is 13.7. The van der Waals surface area contributed by atoms with Crippen LogP contribution in [0.5, 0.6) is 0 Å². The van der Waals surface area contributed by atoms with Gasteiger partial charge in [0, 0.05) is 0 Å². The molecule has 2 unspecified atom stereocenters. The number of hydrogen-bond donors (Lipinski definition) is 3. The molecule has 0 saturated carbocycles. The number of rotatable bonds is 5. The monoisotopic (exact) mass is 249 g/mol. The van der Waals surface area contributed by atoms with Crippen molar-refractivity contribution in [2.45, 2.75) is 32.4 Å². The summed E-state index contributed by atoms with van der Waals surface area (Å²) in [5, 5.41) is 2.77. The maximum absolute atomic E-state index is 11.7. The molecule has 5 nitrogen and oxygen atoms in total. The van der Waals surface area contributed by atoms with Gasteiger partial charge < -0.3 is 16.8 Å². The largest absolute Gasteiger partial charge is 0.370 e. The normalized spacial score (nSPS) is 13.7. The van der Waals surface area contributed by atoms with Gasteiger partial charge in [-0.05, 0) is 25.0 Å². The van der Waals surface area contributed by atoms with Crippen LogP contribution < -0.4 is 16.8 Å². The van der Waals surface area contributed by atoms with Crippen LogP contribution in [-0.2, 0) is 9.59 Å². The summed E-state index contributed by atoms with van der Waals surface area (Å²) in [6, 6.07) is 6.72. The van der Waals surface area contributed by atoms with Crippen molar-refractivity contribution in [2.75, 3.05) is 0 Å². The fourth-order valence-corrected chi connectivity index (χ4v) is 1.78. The van der Waals surface area contributed by atoms with Crippen molar-refractivity contribution >= 4 is 11.8 Å². The zero-order valence-electron chi connectivity index (χ0n) is 10.6. The number of carbonyl (C=O) groups excluding carboxylic acids is 2. The highest BCUT2D eigenvalue weighted by atomic mass is 16.2. The van der Waals surface area contributed by atoms with E-state index in [2.05, 4.69) is 5.32 Å². The van der Waals surface area contributed by atoms with Crippen LogP contribution in [0, 0.1) is 6.92 Å². The third-order valence-electron chi connectivity index (χ3n) is 2.77. The molecule has 0 aromatic heterocycles. The van der Waals surface area contributed by atoms with E-state index in [-0.39, 0.29) is 18.4 Å². The SMILES string of the molecule is Cc1ccccc1C(C)NC(=O)C(N)CC(N)=O. The minimum absolute atomic E-state index is 0.147. The first-order valence-corrected chi connectivity index (χ1v) is 5.81. The molecule has 2 atom stereocenters. The highest BCUT2D eigenvalue weighted by Crippen LogP contribution is 2.16. The molecule has 0 aliphatic carbocycles. The van der Waals surface area contributed by atoms with Crippen molar-refractivity contribution in [3.63, 3.8) is 0 Å². The molecule has 0 spiro atoms. The van der Waals surface area contributed by atoms with Crippen LogP contribution in [0.25, 0.3) is 0 Å². The van der Waals surface area contributed by atoms with Gasteiger partial charge in [-0.15, -0.1) is 0 Å². The average Bonchev–Trinajstić information content (AvgIpc) is 2.28. The fourth-order valence-electron chi connectivity index (χ4n) is 1.78. The van der Waals surface area contributed by atoms with Crippen LogP contribution in [-0.4, -0.2) is 17.9 Å². The molecule has 0 fully saturated rings. The molecule has 2 amide bonds. The van der Waals surface area contributed by atoms with Gasteiger partial charge in [-0.3, -0.25) is 9.59 Å². The second kappa shape index (κ2) is 6.16. The van der Waals surface area contributed by atoms with Crippen molar-refractivity contribution in [1.82, 2.24) is 5.32 Å². The highest BCUT2D eigenvalue weighted by molar-refractivity contribution is 5.87. The minimum Gasteiger partial charge on any atom is -0.370 e. The first kappa shape index (κ1) is 14.2. The fraction of sp³-hybridized carbons (Fsp3) is 0.385. The van der Waals surface area contributed by atoms with Crippen LogP contribution in [0.2, 0.25) is 0 Å². The second-order valence-electron chi connectivity index (χ2n) is 4.36. The summed E-state index contributed by atoms with van der Waals surface area (Å²) in [6.07, 6.45) is -0.147. The van der Waals surface area contributed by atoms with Gasteiger partial charge in [0.1, 0.15) is 0 Å². The van der Waals surface area contributed by atoms with Gasteiger partial charge in [0.15, 0.2) is 0 Å². The van der Waals surface area contributed by atoms with Crippen molar-refractivity contribution in [1.29, 1.82) is 0 Å². The number of benzene rings is 1. The number of aryl methyl sites for hydroxylation is 1. The standard InChI is InChI=1S/C13H19N3O2/c1-8-5-3-4-6-10(8)9(2)16-13(18)11(14)7-12(15)17/h3-6,9,11H,7,14H2,1-2H3,(H2,15,17)(H,16,18). The summed E-state index contributed by atoms with van der Waals surface area (Å²) in [6.45, 7) is 3.85. The van der Waals surface area contributed by atoms with Crippen LogP contribution in [0.15, 0.2) is 24.3 Å². The second-order valence-corrected chi connectivity index (χ2v) is 4.36. The molecule has 0 saturated heterocycles. The average molecular weight is 249 g/mol. The molecule has 0 radical (unpaired) electrons. The molecule has 0 heterocycles. The molecule has 98 valence electrons. The molecular weight excluding hydrogens is 230 g/mol. The van der Waals surface area contributed by atoms with Crippen molar-refractivity contribution in [3.8, 4) is 0 Å². The molecule has 1 aromatic rings. The molecule has 0 aliphatic heterocycles. The first-order chi connectivity index (χ1) is 8.41. The van der Waals surface area contributed by atoms with Gasteiger partial charge in [0.05, 0.1) is 18.5 Å². The van der Waals surface area contributed by atoms with Crippen molar-refractivity contribution < 1.29 is 9.59 Å². The Labute approximate surface area is 107 Å². The minimum atomic E-state index is -0.894. The van der Waals surface area contributed by atoms with E-state index in [1.165, 1.54) is 0 Å². The lowest BCUT2D eigenvalue weighted by Crippen LogP contribution is -2.43. The third kappa shape index (κ3) is 3.85. The summed E-state index contributed by atoms with van der Waals surface area (Å²) in [4.78, 5) is 22.4. The predicted octanol–water partition coefficient (Wildman–Crippen LogP) is 0.375. The smallest absolute Gasteiger partial charge is 0.237 e. The van der Waals surface area contributed by atoms with Gasteiger partial charge in [0.2, 0.25) is 11.8 Å². The summed E-state index contributed by atoms with van der Waals surface area (Å²) in [5.41, 5.74) is 12.7. The van der Waals surface area contributed by atoms with E-state index < -0.39 is 11.9 Å². The third-order valence-corrected chi connectivity index (χ3v) is 2.77. The molecule has 18 heavy (non-hydrogen) atoms. The molecule has 0 bridgehead atoms. The van der Waals surface area contributed by atoms with Crippen LogP contribution >= 0.6 is 0 Å².